The van der Waals surface area contributed by atoms with Crippen molar-refractivity contribution in [3.8, 4) is 0 Å². The number of carbonyl (C=O) groups excluding carboxylic acids is 1. The molecule has 27 heavy (non-hydrogen) atoms. The minimum atomic E-state index is -0.0511. The number of fused-ring (bicyclic) bond motifs is 1. The van der Waals surface area contributed by atoms with E-state index in [1.54, 1.807) is 12.1 Å². The highest BCUT2D eigenvalue weighted by Gasteiger charge is 2.29. The number of amides is 1. The molecule has 0 spiro atoms. The Balaban J connectivity index is 1.37. The Morgan fingerprint density at radius 3 is 2.81 bits per heavy atom. The number of carbonyl (C=O) groups is 1. The molecule has 0 radical (unpaired) electrons. The first-order chi connectivity index (χ1) is 13.3. The van der Waals surface area contributed by atoms with Crippen molar-refractivity contribution in [3.05, 3.63) is 48.3 Å². The van der Waals surface area contributed by atoms with Gasteiger partial charge in [0.1, 0.15) is 0 Å². The molecule has 0 N–H and O–H groups in total. The van der Waals surface area contributed by atoms with Gasteiger partial charge in [0.05, 0.1) is 18.1 Å². The fourth-order valence-electron chi connectivity index (χ4n) is 4.15. The number of aromatic nitrogens is 3. The lowest BCUT2D eigenvalue weighted by molar-refractivity contribution is 0.0672. The molecule has 2 fully saturated rings. The highest BCUT2D eigenvalue weighted by atomic mass is 16.3. The van der Waals surface area contributed by atoms with E-state index in [0.29, 0.717) is 12.3 Å². The van der Waals surface area contributed by atoms with Crippen LogP contribution in [0.5, 0.6) is 0 Å². The van der Waals surface area contributed by atoms with Gasteiger partial charge in [0.15, 0.2) is 17.2 Å². The number of hydrogen-bond donors (Lipinski definition) is 0. The number of nitrogens with zero attached hydrogens (tertiary/aromatic N) is 5. The van der Waals surface area contributed by atoms with Crippen LogP contribution in [-0.2, 0) is 0 Å². The maximum atomic E-state index is 12.6. The third-order valence-corrected chi connectivity index (χ3v) is 5.61. The molecule has 0 aromatic carbocycles. The fourth-order valence-corrected chi connectivity index (χ4v) is 4.15. The SMILES string of the molecule is O=C(c1ccco1)N1CCC[C@H](c2nc3ccc(N4CCCC4)cn3n2)C1. The minimum Gasteiger partial charge on any atom is -0.459 e. The topological polar surface area (TPSA) is 66.9 Å². The number of furan rings is 1. The van der Waals surface area contributed by atoms with Crippen LogP contribution in [0.3, 0.4) is 0 Å². The van der Waals surface area contributed by atoms with Crippen molar-refractivity contribution >= 4 is 17.2 Å². The standard InChI is InChI=1S/C20H23N5O2/c26-20(17-6-4-12-27-17)24-11-3-5-15(13-24)19-21-18-8-7-16(14-25(18)22-19)23-9-1-2-10-23/h4,6-8,12,14-15H,1-3,5,9-11,13H2/t15-/m0/s1. The number of hydrogen-bond acceptors (Lipinski definition) is 5. The van der Waals surface area contributed by atoms with E-state index < -0.39 is 0 Å². The largest absolute Gasteiger partial charge is 0.459 e. The molecule has 1 atom stereocenters. The van der Waals surface area contributed by atoms with E-state index in [9.17, 15) is 4.79 Å². The Hall–Kier alpha value is -2.83. The number of pyridine rings is 1. The molecule has 2 aliphatic rings. The molecule has 7 heteroatoms. The summed E-state index contributed by atoms with van der Waals surface area (Å²) in [5.74, 6) is 1.33. The molecule has 7 nitrogen and oxygen atoms in total. The van der Waals surface area contributed by atoms with Gasteiger partial charge >= 0.3 is 0 Å². The highest BCUT2D eigenvalue weighted by molar-refractivity contribution is 5.91. The van der Waals surface area contributed by atoms with E-state index in [-0.39, 0.29) is 11.8 Å². The summed E-state index contributed by atoms with van der Waals surface area (Å²) in [4.78, 5) is 21.6. The molecule has 0 unspecified atom stereocenters. The monoisotopic (exact) mass is 365 g/mol. The summed E-state index contributed by atoms with van der Waals surface area (Å²) in [5, 5.41) is 4.74. The van der Waals surface area contributed by atoms with Gasteiger partial charge in [-0.1, -0.05) is 0 Å². The second kappa shape index (κ2) is 6.72. The summed E-state index contributed by atoms with van der Waals surface area (Å²) >= 11 is 0. The van der Waals surface area contributed by atoms with Crippen LogP contribution in [0.15, 0.2) is 41.1 Å². The molecule has 3 aromatic rings. The number of rotatable bonds is 3. The lowest BCUT2D eigenvalue weighted by atomic mass is 9.97. The third kappa shape index (κ3) is 3.07. The van der Waals surface area contributed by atoms with E-state index in [0.717, 1.165) is 43.9 Å². The van der Waals surface area contributed by atoms with Crippen LogP contribution in [0.2, 0.25) is 0 Å². The van der Waals surface area contributed by atoms with Crippen molar-refractivity contribution in [2.24, 2.45) is 0 Å². The highest BCUT2D eigenvalue weighted by Crippen LogP contribution is 2.27. The van der Waals surface area contributed by atoms with Gasteiger partial charge in [0.2, 0.25) is 0 Å². The van der Waals surface area contributed by atoms with E-state index in [1.165, 1.54) is 24.8 Å². The molecule has 140 valence electrons. The molecule has 2 aliphatic heterocycles. The van der Waals surface area contributed by atoms with Crippen LogP contribution in [0, 0.1) is 0 Å². The second-order valence-electron chi connectivity index (χ2n) is 7.42. The van der Waals surface area contributed by atoms with Crippen molar-refractivity contribution in [3.63, 3.8) is 0 Å². The average Bonchev–Trinajstić information content (AvgIpc) is 3.48. The second-order valence-corrected chi connectivity index (χ2v) is 7.42. The van der Waals surface area contributed by atoms with Gasteiger partial charge in [-0.2, -0.15) is 5.10 Å². The molecular weight excluding hydrogens is 342 g/mol. The summed E-state index contributed by atoms with van der Waals surface area (Å²) in [6.07, 6.45) is 8.07. The van der Waals surface area contributed by atoms with Gasteiger partial charge in [-0.3, -0.25) is 4.79 Å². The molecule has 1 amide bonds. The summed E-state index contributed by atoms with van der Waals surface area (Å²) in [6.45, 7) is 3.61. The summed E-state index contributed by atoms with van der Waals surface area (Å²) in [6, 6.07) is 7.64. The van der Waals surface area contributed by atoms with Crippen LogP contribution in [0.1, 0.15) is 48.0 Å². The van der Waals surface area contributed by atoms with Gasteiger partial charge in [-0.15, -0.1) is 0 Å². The Labute approximate surface area is 157 Å². The maximum Gasteiger partial charge on any atom is 0.289 e. The minimum absolute atomic E-state index is 0.0511. The number of anilines is 1. The molecule has 0 bridgehead atoms. The van der Waals surface area contributed by atoms with E-state index in [2.05, 4.69) is 17.2 Å². The lowest BCUT2D eigenvalue weighted by Crippen LogP contribution is -2.39. The van der Waals surface area contributed by atoms with Crippen LogP contribution >= 0.6 is 0 Å². The Kier molecular flexibility index (Phi) is 4.07. The third-order valence-electron chi connectivity index (χ3n) is 5.61. The quantitative estimate of drug-likeness (QED) is 0.714. The molecule has 2 saturated heterocycles. The first-order valence-corrected chi connectivity index (χ1v) is 9.72. The zero-order valence-corrected chi connectivity index (χ0v) is 15.3. The summed E-state index contributed by atoms with van der Waals surface area (Å²) < 4.78 is 7.15. The fraction of sp³-hybridized carbons (Fsp3) is 0.450. The number of likely N-dealkylation sites (tertiary alicyclic amines) is 1. The van der Waals surface area contributed by atoms with Crippen LogP contribution in [-0.4, -0.2) is 51.6 Å². The first kappa shape index (κ1) is 16.4. The van der Waals surface area contributed by atoms with Crippen LogP contribution in [0.25, 0.3) is 5.65 Å². The van der Waals surface area contributed by atoms with Gasteiger partial charge < -0.3 is 14.2 Å². The van der Waals surface area contributed by atoms with Gasteiger partial charge in [0.25, 0.3) is 5.91 Å². The van der Waals surface area contributed by atoms with Crippen LogP contribution in [0.4, 0.5) is 5.69 Å². The Morgan fingerprint density at radius 2 is 2.00 bits per heavy atom. The van der Waals surface area contributed by atoms with Crippen molar-refractivity contribution in [2.45, 2.75) is 31.6 Å². The normalized spacial score (nSPS) is 20.5. The molecule has 5 heterocycles. The predicted molar refractivity (Wildman–Crippen MR) is 101 cm³/mol. The summed E-state index contributed by atoms with van der Waals surface area (Å²) in [7, 11) is 0. The van der Waals surface area contributed by atoms with E-state index in [4.69, 9.17) is 14.5 Å². The van der Waals surface area contributed by atoms with Gasteiger partial charge in [-0.05, 0) is 49.9 Å². The molecular formula is C20H23N5O2. The maximum absolute atomic E-state index is 12.6. The predicted octanol–water partition coefficient (Wildman–Crippen LogP) is 2.94. The molecule has 0 saturated carbocycles. The molecule has 5 rings (SSSR count). The Bertz CT molecular complexity index is 943. The van der Waals surface area contributed by atoms with Crippen molar-refractivity contribution in [1.82, 2.24) is 19.5 Å². The zero-order chi connectivity index (χ0) is 18.2. The van der Waals surface area contributed by atoms with Crippen molar-refractivity contribution in [2.75, 3.05) is 31.1 Å². The van der Waals surface area contributed by atoms with E-state index >= 15 is 0 Å². The molecule has 0 aliphatic carbocycles. The average molecular weight is 365 g/mol. The van der Waals surface area contributed by atoms with Crippen LogP contribution < -0.4 is 4.90 Å². The van der Waals surface area contributed by atoms with Gasteiger partial charge in [-0.25, -0.2) is 9.50 Å². The van der Waals surface area contributed by atoms with Gasteiger partial charge in [0, 0.05) is 32.1 Å². The number of piperidine rings is 1. The lowest BCUT2D eigenvalue weighted by Gasteiger charge is -2.30. The smallest absolute Gasteiger partial charge is 0.289 e. The molecule has 3 aromatic heterocycles. The summed E-state index contributed by atoms with van der Waals surface area (Å²) in [5.41, 5.74) is 2.07. The first-order valence-electron chi connectivity index (χ1n) is 9.72. The zero-order valence-electron chi connectivity index (χ0n) is 15.3. The van der Waals surface area contributed by atoms with E-state index in [1.807, 2.05) is 15.5 Å². The van der Waals surface area contributed by atoms with Crippen molar-refractivity contribution in [1.29, 1.82) is 0 Å². The van der Waals surface area contributed by atoms with Crippen molar-refractivity contribution < 1.29 is 9.21 Å². The Morgan fingerprint density at radius 1 is 1.11 bits per heavy atom.